The first-order chi connectivity index (χ1) is 14.1. The number of nitrogens with zero attached hydrogens (tertiary/aromatic N) is 3. The number of aromatic nitrogens is 1. The zero-order valence-corrected chi connectivity index (χ0v) is 17.1. The third-order valence-corrected chi connectivity index (χ3v) is 6.55. The van der Waals surface area contributed by atoms with Crippen molar-refractivity contribution in [3.05, 3.63) is 51.5 Å². The second-order valence-electron chi connectivity index (χ2n) is 7.78. The van der Waals surface area contributed by atoms with E-state index in [9.17, 15) is 9.59 Å². The predicted molar refractivity (Wildman–Crippen MR) is 111 cm³/mol. The van der Waals surface area contributed by atoms with Crippen LogP contribution < -0.4 is 5.32 Å². The zero-order valence-electron chi connectivity index (χ0n) is 16.3. The summed E-state index contributed by atoms with van der Waals surface area (Å²) in [6.07, 6.45) is 4.74. The summed E-state index contributed by atoms with van der Waals surface area (Å²) in [7, 11) is 0. The lowest BCUT2D eigenvalue weighted by atomic mass is 9.97. The molecule has 7 heteroatoms. The van der Waals surface area contributed by atoms with Gasteiger partial charge in [-0.3, -0.25) is 9.59 Å². The Bertz CT molecular complexity index is 944. The summed E-state index contributed by atoms with van der Waals surface area (Å²) < 4.78 is 0. The highest BCUT2D eigenvalue weighted by molar-refractivity contribution is 7.09. The maximum atomic E-state index is 12.9. The molecular weight excluding hydrogens is 384 g/mol. The standard InChI is InChI=1S/C22H24N4O2S/c23-12-15-3-1-4-17(11-15)22(28)26-10-2-5-18(13-26)21-25-19(14-29-21)8-9-24-20(27)16-6-7-16/h1,3-4,11,14,16,18H,2,5-10,13H2,(H,24,27)/t18-/m1/s1. The molecule has 1 aromatic carbocycles. The maximum Gasteiger partial charge on any atom is 0.253 e. The molecule has 6 nitrogen and oxygen atoms in total. The Morgan fingerprint density at radius 1 is 1.31 bits per heavy atom. The van der Waals surface area contributed by atoms with Crippen molar-refractivity contribution in [3.63, 3.8) is 0 Å². The highest BCUT2D eigenvalue weighted by Crippen LogP contribution is 2.30. The van der Waals surface area contributed by atoms with Crippen LogP contribution in [-0.4, -0.2) is 41.3 Å². The Morgan fingerprint density at radius 2 is 2.17 bits per heavy atom. The smallest absolute Gasteiger partial charge is 0.253 e. The van der Waals surface area contributed by atoms with Crippen molar-refractivity contribution >= 4 is 23.2 Å². The first kappa shape index (κ1) is 19.6. The van der Waals surface area contributed by atoms with Crippen molar-refractivity contribution in [1.29, 1.82) is 5.26 Å². The van der Waals surface area contributed by atoms with E-state index in [1.54, 1.807) is 35.6 Å². The van der Waals surface area contributed by atoms with E-state index in [0.717, 1.165) is 49.4 Å². The highest BCUT2D eigenvalue weighted by atomic mass is 32.1. The molecule has 2 fully saturated rings. The van der Waals surface area contributed by atoms with Gasteiger partial charge < -0.3 is 10.2 Å². The van der Waals surface area contributed by atoms with E-state index in [-0.39, 0.29) is 23.7 Å². The van der Waals surface area contributed by atoms with Gasteiger partial charge in [-0.15, -0.1) is 11.3 Å². The number of piperidine rings is 1. The van der Waals surface area contributed by atoms with Gasteiger partial charge in [-0.25, -0.2) is 4.98 Å². The Hall–Kier alpha value is -2.72. The molecule has 0 spiro atoms. The van der Waals surface area contributed by atoms with Gasteiger partial charge in [0.15, 0.2) is 0 Å². The summed E-state index contributed by atoms with van der Waals surface area (Å²) in [6, 6.07) is 8.98. The minimum Gasteiger partial charge on any atom is -0.355 e. The average Bonchev–Trinajstić information content (AvgIpc) is 3.52. The molecule has 1 saturated heterocycles. The number of hydrogen-bond donors (Lipinski definition) is 1. The van der Waals surface area contributed by atoms with Crippen molar-refractivity contribution in [2.75, 3.05) is 19.6 Å². The second kappa shape index (κ2) is 8.75. The number of amides is 2. The van der Waals surface area contributed by atoms with Gasteiger partial charge in [0, 0.05) is 48.8 Å². The van der Waals surface area contributed by atoms with E-state index in [4.69, 9.17) is 10.2 Å². The molecule has 2 aliphatic rings. The van der Waals surface area contributed by atoms with Gasteiger partial charge in [-0.2, -0.15) is 5.26 Å². The summed E-state index contributed by atoms with van der Waals surface area (Å²) in [5, 5.41) is 15.2. The van der Waals surface area contributed by atoms with E-state index in [2.05, 4.69) is 16.8 Å². The van der Waals surface area contributed by atoms with Gasteiger partial charge in [0.2, 0.25) is 5.91 Å². The SMILES string of the molecule is N#Cc1cccc(C(=O)N2CCC[C@@H](c3nc(CCNC(=O)C4CC4)cs3)C2)c1. The third kappa shape index (κ3) is 4.83. The number of thiazole rings is 1. The lowest BCUT2D eigenvalue weighted by Gasteiger charge is -2.32. The number of rotatable bonds is 6. The fraction of sp³-hybridized carbons (Fsp3) is 0.455. The molecule has 2 amide bonds. The summed E-state index contributed by atoms with van der Waals surface area (Å²) in [5.41, 5.74) is 2.07. The number of carbonyl (C=O) groups is 2. The molecule has 1 atom stereocenters. The molecule has 2 heterocycles. The van der Waals surface area contributed by atoms with Gasteiger partial charge >= 0.3 is 0 Å². The van der Waals surface area contributed by atoms with Gasteiger partial charge in [0.1, 0.15) is 0 Å². The Kier molecular flexibility index (Phi) is 5.91. The number of nitriles is 1. The monoisotopic (exact) mass is 408 g/mol. The molecule has 2 aromatic rings. The molecule has 1 saturated carbocycles. The normalized spacial score (nSPS) is 18.9. The summed E-state index contributed by atoms with van der Waals surface area (Å²) in [4.78, 5) is 31.2. The zero-order chi connectivity index (χ0) is 20.2. The van der Waals surface area contributed by atoms with Crippen LogP contribution in [0.25, 0.3) is 0 Å². The predicted octanol–water partition coefficient (Wildman–Crippen LogP) is 3.10. The summed E-state index contributed by atoms with van der Waals surface area (Å²) in [6.45, 7) is 2.02. The topological polar surface area (TPSA) is 86.1 Å². The van der Waals surface area contributed by atoms with Gasteiger partial charge in [-0.1, -0.05) is 6.07 Å². The number of likely N-dealkylation sites (tertiary alicyclic amines) is 1. The molecule has 1 N–H and O–H groups in total. The van der Waals surface area contributed by atoms with Crippen LogP contribution in [0.4, 0.5) is 0 Å². The molecule has 29 heavy (non-hydrogen) atoms. The molecule has 1 aliphatic heterocycles. The molecule has 0 radical (unpaired) electrons. The lowest BCUT2D eigenvalue weighted by molar-refractivity contribution is -0.122. The van der Waals surface area contributed by atoms with Crippen LogP contribution in [0.3, 0.4) is 0 Å². The van der Waals surface area contributed by atoms with Gasteiger partial charge in [0.25, 0.3) is 5.91 Å². The quantitative estimate of drug-likeness (QED) is 0.796. The van der Waals surface area contributed by atoms with Crippen LogP contribution in [0.15, 0.2) is 29.6 Å². The first-order valence-electron chi connectivity index (χ1n) is 10.2. The number of benzene rings is 1. The highest BCUT2D eigenvalue weighted by Gasteiger charge is 2.29. The summed E-state index contributed by atoms with van der Waals surface area (Å²) in [5.74, 6) is 0.626. The second-order valence-corrected chi connectivity index (χ2v) is 8.66. The molecule has 1 aliphatic carbocycles. The van der Waals surface area contributed by atoms with E-state index in [0.29, 0.717) is 24.2 Å². The molecule has 0 unspecified atom stereocenters. The van der Waals surface area contributed by atoms with E-state index in [1.165, 1.54) is 0 Å². The van der Waals surface area contributed by atoms with Crippen LogP contribution in [0.2, 0.25) is 0 Å². The largest absolute Gasteiger partial charge is 0.355 e. The number of nitrogens with one attached hydrogen (secondary N) is 1. The Labute approximate surface area is 174 Å². The minimum absolute atomic E-state index is 0.0219. The van der Waals surface area contributed by atoms with E-state index >= 15 is 0 Å². The van der Waals surface area contributed by atoms with Crippen molar-refractivity contribution in [2.45, 2.75) is 38.0 Å². The third-order valence-electron chi connectivity index (χ3n) is 5.49. The van der Waals surface area contributed by atoms with Crippen LogP contribution in [0.5, 0.6) is 0 Å². The van der Waals surface area contributed by atoms with Crippen molar-refractivity contribution in [2.24, 2.45) is 5.92 Å². The maximum absolute atomic E-state index is 12.9. The van der Waals surface area contributed by atoms with Crippen molar-refractivity contribution in [1.82, 2.24) is 15.2 Å². The van der Waals surface area contributed by atoms with Crippen LogP contribution >= 0.6 is 11.3 Å². The van der Waals surface area contributed by atoms with Crippen molar-refractivity contribution in [3.8, 4) is 6.07 Å². The van der Waals surface area contributed by atoms with Gasteiger partial charge in [-0.05, 0) is 43.9 Å². The molecule has 1 aromatic heterocycles. The lowest BCUT2D eigenvalue weighted by Crippen LogP contribution is -2.39. The van der Waals surface area contributed by atoms with Crippen LogP contribution in [0, 0.1) is 17.2 Å². The van der Waals surface area contributed by atoms with Gasteiger partial charge in [0.05, 0.1) is 22.3 Å². The molecular formula is C22H24N4O2S. The van der Waals surface area contributed by atoms with E-state index < -0.39 is 0 Å². The van der Waals surface area contributed by atoms with Crippen LogP contribution in [0.1, 0.15) is 58.2 Å². The van der Waals surface area contributed by atoms with E-state index in [1.807, 2.05) is 4.90 Å². The Morgan fingerprint density at radius 3 is 2.97 bits per heavy atom. The summed E-state index contributed by atoms with van der Waals surface area (Å²) >= 11 is 1.64. The number of carbonyl (C=O) groups excluding carboxylic acids is 2. The first-order valence-corrected chi connectivity index (χ1v) is 11.0. The molecule has 150 valence electrons. The Balaban J connectivity index is 1.34. The molecule has 0 bridgehead atoms. The van der Waals surface area contributed by atoms with Crippen LogP contribution in [-0.2, 0) is 11.2 Å². The fourth-order valence-electron chi connectivity index (χ4n) is 3.70. The number of hydrogen-bond acceptors (Lipinski definition) is 5. The fourth-order valence-corrected chi connectivity index (χ4v) is 4.68. The van der Waals surface area contributed by atoms with Crippen molar-refractivity contribution < 1.29 is 9.59 Å². The molecule has 4 rings (SSSR count). The average molecular weight is 409 g/mol. The minimum atomic E-state index is -0.0219.